The fourth-order valence-corrected chi connectivity index (χ4v) is 4.42. The average molecular weight is 333 g/mol. The fourth-order valence-electron chi connectivity index (χ4n) is 4.42. The third-order valence-electron chi connectivity index (χ3n) is 5.66. The molecule has 1 fully saturated rings. The molecule has 5 rings (SSSR count). The van der Waals surface area contributed by atoms with Crippen LogP contribution in [-0.2, 0) is 6.54 Å². The van der Waals surface area contributed by atoms with Crippen molar-refractivity contribution >= 4 is 5.57 Å². The van der Waals surface area contributed by atoms with E-state index in [-0.39, 0.29) is 0 Å². The predicted octanol–water partition coefficient (Wildman–Crippen LogP) is 4.28. The van der Waals surface area contributed by atoms with E-state index >= 15 is 0 Å². The second kappa shape index (κ2) is 6.23. The minimum absolute atomic E-state index is 0.558. The lowest BCUT2D eigenvalue weighted by atomic mass is 9.94. The minimum Gasteiger partial charge on any atom is -0.486 e. The maximum Gasteiger partial charge on any atom is 0.161 e. The highest BCUT2D eigenvalue weighted by Crippen LogP contribution is 2.41. The molecule has 2 unspecified atom stereocenters. The second-order valence-electron chi connectivity index (χ2n) is 7.21. The first-order valence-electron chi connectivity index (χ1n) is 9.27. The maximum absolute atomic E-state index is 5.76. The van der Waals surface area contributed by atoms with Crippen molar-refractivity contribution < 1.29 is 9.47 Å². The molecule has 3 aliphatic rings. The molecule has 3 aliphatic heterocycles. The van der Waals surface area contributed by atoms with Crippen molar-refractivity contribution in [3.63, 3.8) is 0 Å². The normalized spacial score (nSPS) is 24.9. The van der Waals surface area contributed by atoms with E-state index in [1.54, 1.807) is 0 Å². The van der Waals surface area contributed by atoms with Crippen LogP contribution in [0.2, 0.25) is 0 Å². The summed E-state index contributed by atoms with van der Waals surface area (Å²) in [6, 6.07) is 18.4. The topological polar surface area (TPSA) is 21.7 Å². The van der Waals surface area contributed by atoms with E-state index in [1.165, 1.54) is 29.5 Å². The van der Waals surface area contributed by atoms with Gasteiger partial charge in [0.25, 0.3) is 0 Å². The van der Waals surface area contributed by atoms with Gasteiger partial charge in [-0.15, -0.1) is 0 Å². The largest absolute Gasteiger partial charge is 0.486 e. The van der Waals surface area contributed by atoms with E-state index in [0.29, 0.717) is 25.3 Å². The molecule has 3 heteroatoms. The Hall–Kier alpha value is -2.26. The van der Waals surface area contributed by atoms with Crippen LogP contribution in [0.3, 0.4) is 0 Å². The molecule has 0 aromatic heterocycles. The van der Waals surface area contributed by atoms with Gasteiger partial charge in [0.05, 0.1) is 0 Å². The van der Waals surface area contributed by atoms with E-state index in [9.17, 15) is 0 Å². The van der Waals surface area contributed by atoms with Crippen LogP contribution in [0.1, 0.15) is 30.4 Å². The summed E-state index contributed by atoms with van der Waals surface area (Å²) in [5, 5.41) is 0. The smallest absolute Gasteiger partial charge is 0.161 e. The number of hydrogen-bond donors (Lipinski definition) is 0. The van der Waals surface area contributed by atoms with Crippen LogP contribution in [0.25, 0.3) is 5.57 Å². The van der Waals surface area contributed by atoms with Crippen molar-refractivity contribution in [2.45, 2.75) is 37.9 Å². The highest BCUT2D eigenvalue weighted by Gasteiger charge is 2.36. The number of hydrogen-bond acceptors (Lipinski definition) is 3. The molecule has 2 bridgehead atoms. The number of benzene rings is 2. The average Bonchev–Trinajstić information content (AvgIpc) is 2.90. The van der Waals surface area contributed by atoms with Gasteiger partial charge in [0.15, 0.2) is 11.5 Å². The number of rotatable bonds is 3. The molecule has 0 amide bonds. The Bertz CT molecular complexity index is 799. The predicted molar refractivity (Wildman–Crippen MR) is 98.8 cm³/mol. The summed E-state index contributed by atoms with van der Waals surface area (Å²) >= 11 is 0. The first-order valence-corrected chi connectivity index (χ1v) is 9.27. The van der Waals surface area contributed by atoms with Gasteiger partial charge < -0.3 is 9.47 Å². The lowest BCUT2D eigenvalue weighted by Crippen LogP contribution is -2.37. The SMILES string of the molecule is C1=C(c2ccc3c(c2)OCCO3)CC2CCC1N2Cc1ccccc1. The summed E-state index contributed by atoms with van der Waals surface area (Å²) in [6.07, 6.45) is 6.18. The summed E-state index contributed by atoms with van der Waals surface area (Å²) < 4.78 is 11.4. The maximum atomic E-state index is 5.76. The van der Waals surface area contributed by atoms with Crippen LogP contribution < -0.4 is 9.47 Å². The lowest BCUT2D eigenvalue weighted by molar-refractivity contribution is 0.171. The molecule has 2 aromatic rings. The van der Waals surface area contributed by atoms with Gasteiger partial charge in [0.2, 0.25) is 0 Å². The zero-order valence-corrected chi connectivity index (χ0v) is 14.4. The molecule has 0 saturated carbocycles. The monoisotopic (exact) mass is 333 g/mol. The van der Waals surface area contributed by atoms with Gasteiger partial charge in [0, 0.05) is 18.6 Å². The van der Waals surface area contributed by atoms with Crippen molar-refractivity contribution in [2.75, 3.05) is 13.2 Å². The lowest BCUT2D eigenvalue weighted by Gasteiger charge is -2.34. The van der Waals surface area contributed by atoms with Gasteiger partial charge in [-0.25, -0.2) is 0 Å². The molecule has 0 spiro atoms. The van der Waals surface area contributed by atoms with Gasteiger partial charge in [-0.1, -0.05) is 42.5 Å². The number of fused-ring (bicyclic) bond motifs is 3. The molecule has 2 aromatic carbocycles. The van der Waals surface area contributed by atoms with Crippen molar-refractivity contribution in [3.8, 4) is 11.5 Å². The van der Waals surface area contributed by atoms with E-state index in [4.69, 9.17) is 9.47 Å². The molecule has 128 valence electrons. The zero-order chi connectivity index (χ0) is 16.6. The number of ether oxygens (including phenoxy) is 2. The van der Waals surface area contributed by atoms with E-state index in [0.717, 1.165) is 24.5 Å². The molecule has 2 atom stereocenters. The Morgan fingerprint density at radius 2 is 1.76 bits per heavy atom. The molecule has 0 N–H and O–H groups in total. The standard InChI is InChI=1S/C22H23NO2/c1-2-4-16(5-3-1)15-23-19-7-8-20(23)13-18(12-19)17-6-9-21-22(14-17)25-11-10-24-21/h1-6,9,12,14,19-20H,7-8,10-11,13,15H2. The van der Waals surface area contributed by atoms with E-state index < -0.39 is 0 Å². The number of nitrogens with zero attached hydrogens (tertiary/aromatic N) is 1. The van der Waals surface area contributed by atoms with E-state index in [2.05, 4.69) is 59.5 Å². The molecule has 3 heterocycles. The summed E-state index contributed by atoms with van der Waals surface area (Å²) in [6.45, 7) is 2.35. The minimum atomic E-state index is 0.558. The van der Waals surface area contributed by atoms with Crippen molar-refractivity contribution in [1.29, 1.82) is 0 Å². The van der Waals surface area contributed by atoms with Crippen LogP contribution in [0.15, 0.2) is 54.6 Å². The Morgan fingerprint density at radius 3 is 2.60 bits per heavy atom. The molecule has 0 radical (unpaired) electrons. The molecule has 25 heavy (non-hydrogen) atoms. The van der Waals surface area contributed by atoms with Crippen LogP contribution in [0.5, 0.6) is 11.5 Å². The van der Waals surface area contributed by atoms with Crippen molar-refractivity contribution in [1.82, 2.24) is 4.90 Å². The van der Waals surface area contributed by atoms with Crippen LogP contribution >= 0.6 is 0 Å². The Labute approximate surface area is 148 Å². The molecule has 0 aliphatic carbocycles. The van der Waals surface area contributed by atoms with E-state index in [1.807, 2.05) is 0 Å². The first kappa shape index (κ1) is 15.0. The van der Waals surface area contributed by atoms with Crippen LogP contribution in [-0.4, -0.2) is 30.2 Å². The third kappa shape index (κ3) is 2.83. The molecule has 1 saturated heterocycles. The molecule has 3 nitrogen and oxygen atoms in total. The summed E-state index contributed by atoms with van der Waals surface area (Å²) in [4.78, 5) is 2.68. The van der Waals surface area contributed by atoms with Crippen molar-refractivity contribution in [2.24, 2.45) is 0 Å². The van der Waals surface area contributed by atoms with Gasteiger partial charge >= 0.3 is 0 Å². The summed E-state index contributed by atoms with van der Waals surface area (Å²) in [5.41, 5.74) is 4.17. The van der Waals surface area contributed by atoms with Gasteiger partial charge in [-0.3, -0.25) is 4.90 Å². The van der Waals surface area contributed by atoms with Crippen molar-refractivity contribution in [3.05, 3.63) is 65.7 Å². The second-order valence-corrected chi connectivity index (χ2v) is 7.21. The third-order valence-corrected chi connectivity index (χ3v) is 5.66. The van der Waals surface area contributed by atoms with Crippen LogP contribution in [0, 0.1) is 0 Å². The highest BCUT2D eigenvalue weighted by molar-refractivity contribution is 5.70. The molecular formula is C22H23NO2. The summed E-state index contributed by atoms with van der Waals surface area (Å²) in [7, 11) is 0. The Kier molecular flexibility index (Phi) is 3.75. The van der Waals surface area contributed by atoms with Gasteiger partial charge in [-0.2, -0.15) is 0 Å². The Morgan fingerprint density at radius 1 is 0.920 bits per heavy atom. The van der Waals surface area contributed by atoms with Gasteiger partial charge in [0.1, 0.15) is 13.2 Å². The quantitative estimate of drug-likeness (QED) is 0.837. The highest BCUT2D eigenvalue weighted by atomic mass is 16.6. The Balaban J connectivity index is 1.39. The zero-order valence-electron chi connectivity index (χ0n) is 14.4. The first-order chi connectivity index (χ1) is 12.4. The summed E-state index contributed by atoms with van der Waals surface area (Å²) in [5.74, 6) is 1.77. The van der Waals surface area contributed by atoms with Gasteiger partial charge in [-0.05, 0) is 48.1 Å². The van der Waals surface area contributed by atoms with Crippen LogP contribution in [0.4, 0.5) is 0 Å². The fraction of sp³-hybridized carbons (Fsp3) is 0.364. The molecular weight excluding hydrogens is 310 g/mol.